The molecule has 0 aromatic heterocycles. The summed E-state index contributed by atoms with van der Waals surface area (Å²) in [5.74, 6) is 0.411. The van der Waals surface area contributed by atoms with Crippen molar-refractivity contribution in [2.45, 2.75) is 13.2 Å². The Morgan fingerprint density at radius 2 is 1.86 bits per heavy atom. The topological polar surface area (TPSA) is 67.8 Å². The molecule has 2 aromatic carbocycles. The number of aliphatic carboxylic acids is 1. The summed E-state index contributed by atoms with van der Waals surface area (Å²) in [7, 11) is 1.58. The average Bonchev–Trinajstić information content (AvgIpc) is 2.54. The highest BCUT2D eigenvalue weighted by Gasteiger charge is 2.06. The van der Waals surface area contributed by atoms with Crippen LogP contribution in [0.25, 0.3) is 0 Å². The van der Waals surface area contributed by atoms with Crippen molar-refractivity contribution in [1.29, 1.82) is 0 Å². The molecular formula is C17H19NO4. The Kier molecular flexibility index (Phi) is 5.80. The fourth-order valence-corrected chi connectivity index (χ4v) is 1.99. The lowest BCUT2D eigenvalue weighted by atomic mass is 10.2. The summed E-state index contributed by atoms with van der Waals surface area (Å²) < 4.78 is 11.1. The number of hydrogen-bond donors (Lipinski definition) is 2. The second-order valence-corrected chi connectivity index (χ2v) is 4.76. The summed E-state index contributed by atoms with van der Waals surface area (Å²) in [4.78, 5) is 10.5. The molecule has 5 nitrogen and oxygen atoms in total. The molecule has 0 heterocycles. The Hall–Kier alpha value is -2.53. The first-order chi connectivity index (χ1) is 10.7. The zero-order chi connectivity index (χ0) is 15.8. The lowest BCUT2D eigenvalue weighted by molar-refractivity contribution is -0.135. The summed E-state index contributed by atoms with van der Waals surface area (Å²) in [6.45, 7) is 0.851. The molecule has 2 aromatic rings. The highest BCUT2D eigenvalue weighted by atomic mass is 16.5. The van der Waals surface area contributed by atoms with Crippen LogP contribution in [-0.2, 0) is 17.9 Å². The monoisotopic (exact) mass is 301 g/mol. The van der Waals surface area contributed by atoms with Crippen LogP contribution >= 0.6 is 0 Å². The smallest absolute Gasteiger partial charge is 0.317 e. The minimum absolute atomic E-state index is 0.0748. The van der Waals surface area contributed by atoms with Crippen molar-refractivity contribution in [3.8, 4) is 11.5 Å². The maximum absolute atomic E-state index is 10.5. The maximum Gasteiger partial charge on any atom is 0.317 e. The van der Waals surface area contributed by atoms with Gasteiger partial charge in [-0.1, -0.05) is 36.4 Å². The molecule has 5 heteroatoms. The Labute approximate surface area is 129 Å². The highest BCUT2D eigenvalue weighted by Crippen LogP contribution is 2.28. The number of carboxylic acid groups (broad SMARTS) is 1. The summed E-state index contributed by atoms with van der Waals surface area (Å²) in [6, 6.07) is 15.4. The average molecular weight is 301 g/mol. The van der Waals surface area contributed by atoms with Gasteiger partial charge in [0.15, 0.2) is 11.5 Å². The molecule has 0 fully saturated rings. The summed E-state index contributed by atoms with van der Waals surface area (Å²) in [6.07, 6.45) is 0. The lowest BCUT2D eigenvalue weighted by Gasteiger charge is -2.12. The number of nitrogens with one attached hydrogen (secondary N) is 1. The first-order valence-corrected chi connectivity index (χ1v) is 6.95. The van der Waals surface area contributed by atoms with Gasteiger partial charge in [-0.15, -0.1) is 0 Å². The molecule has 0 saturated heterocycles. The molecule has 0 bridgehead atoms. The zero-order valence-electron chi connectivity index (χ0n) is 12.4. The van der Waals surface area contributed by atoms with E-state index in [1.165, 1.54) is 0 Å². The van der Waals surface area contributed by atoms with Crippen LogP contribution in [0.2, 0.25) is 0 Å². The quantitative estimate of drug-likeness (QED) is 0.784. The molecule has 116 valence electrons. The maximum atomic E-state index is 10.5. The third-order valence-corrected chi connectivity index (χ3v) is 3.07. The van der Waals surface area contributed by atoms with Crippen molar-refractivity contribution in [3.63, 3.8) is 0 Å². The Morgan fingerprint density at radius 1 is 1.09 bits per heavy atom. The van der Waals surface area contributed by atoms with Crippen LogP contribution in [-0.4, -0.2) is 24.7 Å². The highest BCUT2D eigenvalue weighted by molar-refractivity contribution is 5.69. The van der Waals surface area contributed by atoms with Gasteiger partial charge in [0.2, 0.25) is 0 Å². The molecule has 0 unspecified atom stereocenters. The normalized spacial score (nSPS) is 10.2. The van der Waals surface area contributed by atoms with E-state index in [2.05, 4.69) is 5.32 Å². The number of benzene rings is 2. The van der Waals surface area contributed by atoms with Gasteiger partial charge in [-0.2, -0.15) is 0 Å². The number of ether oxygens (including phenoxy) is 2. The Bertz CT molecular complexity index is 613. The predicted molar refractivity (Wildman–Crippen MR) is 83.1 cm³/mol. The number of rotatable bonds is 8. The van der Waals surface area contributed by atoms with Crippen LogP contribution in [0.1, 0.15) is 11.1 Å². The molecule has 0 radical (unpaired) electrons. The third-order valence-electron chi connectivity index (χ3n) is 3.07. The van der Waals surface area contributed by atoms with Crippen molar-refractivity contribution in [2.24, 2.45) is 0 Å². The second-order valence-electron chi connectivity index (χ2n) is 4.76. The van der Waals surface area contributed by atoms with E-state index >= 15 is 0 Å². The fraction of sp³-hybridized carbons (Fsp3) is 0.235. The van der Waals surface area contributed by atoms with Crippen LogP contribution < -0.4 is 14.8 Å². The summed E-state index contributed by atoms with van der Waals surface area (Å²) in [5.41, 5.74) is 2.02. The molecule has 0 aliphatic rings. The number of carbonyl (C=O) groups is 1. The number of carboxylic acids is 1. The van der Waals surface area contributed by atoms with Crippen molar-refractivity contribution >= 4 is 5.97 Å². The van der Waals surface area contributed by atoms with Gasteiger partial charge in [0.25, 0.3) is 0 Å². The molecule has 2 N–H and O–H groups in total. The van der Waals surface area contributed by atoms with Crippen molar-refractivity contribution in [3.05, 3.63) is 59.7 Å². The molecular weight excluding hydrogens is 282 g/mol. The summed E-state index contributed by atoms with van der Waals surface area (Å²) >= 11 is 0. The Morgan fingerprint density at radius 3 is 2.55 bits per heavy atom. The van der Waals surface area contributed by atoms with Gasteiger partial charge in [-0.25, -0.2) is 0 Å². The SMILES string of the molecule is COc1cc(CNCC(=O)O)ccc1OCc1ccccc1. The van der Waals surface area contributed by atoms with Gasteiger partial charge in [0.05, 0.1) is 13.7 Å². The minimum Gasteiger partial charge on any atom is -0.493 e. The van der Waals surface area contributed by atoms with Gasteiger partial charge in [-0.05, 0) is 23.3 Å². The lowest BCUT2D eigenvalue weighted by Crippen LogP contribution is -2.21. The minimum atomic E-state index is -0.880. The van der Waals surface area contributed by atoms with E-state index in [1.54, 1.807) is 7.11 Å². The molecule has 0 aliphatic carbocycles. The van der Waals surface area contributed by atoms with Gasteiger partial charge < -0.3 is 19.9 Å². The van der Waals surface area contributed by atoms with Crippen molar-refractivity contribution < 1.29 is 19.4 Å². The predicted octanol–water partition coefficient (Wildman–Crippen LogP) is 2.45. The third kappa shape index (κ3) is 4.79. The molecule has 0 saturated carbocycles. The van der Waals surface area contributed by atoms with Crippen molar-refractivity contribution in [2.75, 3.05) is 13.7 Å². The van der Waals surface area contributed by atoms with E-state index in [-0.39, 0.29) is 6.54 Å². The fourth-order valence-electron chi connectivity index (χ4n) is 1.99. The molecule has 2 rings (SSSR count). The molecule has 22 heavy (non-hydrogen) atoms. The van der Waals surface area contributed by atoms with Gasteiger partial charge in [0.1, 0.15) is 6.61 Å². The summed E-state index contributed by atoms with van der Waals surface area (Å²) in [5, 5.41) is 11.4. The van der Waals surface area contributed by atoms with Crippen LogP contribution in [0.3, 0.4) is 0 Å². The van der Waals surface area contributed by atoms with E-state index in [4.69, 9.17) is 14.6 Å². The molecule has 0 spiro atoms. The second kappa shape index (κ2) is 8.05. The first kappa shape index (κ1) is 15.9. The van der Waals surface area contributed by atoms with Crippen molar-refractivity contribution in [1.82, 2.24) is 5.32 Å². The van der Waals surface area contributed by atoms with E-state index in [1.807, 2.05) is 48.5 Å². The van der Waals surface area contributed by atoms with Gasteiger partial charge in [0, 0.05) is 6.54 Å². The van der Waals surface area contributed by atoms with E-state index in [0.29, 0.717) is 24.7 Å². The van der Waals surface area contributed by atoms with Crippen LogP contribution in [0.4, 0.5) is 0 Å². The van der Waals surface area contributed by atoms with Crippen LogP contribution in [0.15, 0.2) is 48.5 Å². The number of hydrogen-bond acceptors (Lipinski definition) is 4. The zero-order valence-corrected chi connectivity index (χ0v) is 12.4. The first-order valence-electron chi connectivity index (χ1n) is 6.95. The van der Waals surface area contributed by atoms with E-state index in [0.717, 1.165) is 11.1 Å². The van der Waals surface area contributed by atoms with E-state index in [9.17, 15) is 4.79 Å². The molecule has 0 aliphatic heterocycles. The van der Waals surface area contributed by atoms with Crippen LogP contribution in [0.5, 0.6) is 11.5 Å². The van der Waals surface area contributed by atoms with E-state index < -0.39 is 5.97 Å². The molecule has 0 amide bonds. The largest absolute Gasteiger partial charge is 0.493 e. The Balaban J connectivity index is 1.98. The van der Waals surface area contributed by atoms with Gasteiger partial charge in [-0.3, -0.25) is 4.79 Å². The number of methoxy groups -OCH3 is 1. The standard InChI is InChI=1S/C17H19NO4/c1-21-16-9-14(10-18-11-17(19)20)7-8-15(16)22-12-13-5-3-2-4-6-13/h2-9,18H,10-12H2,1H3,(H,19,20). The molecule has 0 atom stereocenters. The van der Waals surface area contributed by atoms with Crippen LogP contribution in [0, 0.1) is 0 Å². The van der Waals surface area contributed by atoms with Gasteiger partial charge >= 0.3 is 5.97 Å².